The fourth-order valence-corrected chi connectivity index (χ4v) is 12.7. The van der Waals surface area contributed by atoms with Crippen LogP contribution in [0.25, 0.3) is 0 Å². The molecular formula is C75H150N4O3. The number of hydrogen-bond donors (Lipinski definition) is 0. The van der Waals surface area contributed by atoms with Gasteiger partial charge in [-0.2, -0.15) is 0 Å². The van der Waals surface area contributed by atoms with Crippen molar-refractivity contribution in [3.63, 3.8) is 0 Å². The lowest BCUT2D eigenvalue weighted by Crippen LogP contribution is -2.42. The van der Waals surface area contributed by atoms with Crippen LogP contribution in [0.2, 0.25) is 0 Å². The monoisotopic (exact) mass is 1160 g/mol. The van der Waals surface area contributed by atoms with E-state index in [1.807, 2.05) is 0 Å². The van der Waals surface area contributed by atoms with Gasteiger partial charge in [0.1, 0.15) is 0 Å². The summed E-state index contributed by atoms with van der Waals surface area (Å²) in [6.07, 6.45) is 70.2. The predicted octanol–water partition coefficient (Wildman–Crippen LogP) is 23.1. The highest BCUT2D eigenvalue weighted by Crippen LogP contribution is 2.25. The molecule has 0 saturated carbocycles. The first kappa shape index (κ1) is 80.4. The van der Waals surface area contributed by atoms with Crippen LogP contribution in [-0.4, -0.2) is 96.2 Å². The van der Waals surface area contributed by atoms with Crippen LogP contribution in [-0.2, 0) is 14.4 Å². The van der Waals surface area contributed by atoms with Crippen molar-refractivity contribution in [3.05, 3.63) is 0 Å². The molecule has 82 heavy (non-hydrogen) atoms. The van der Waals surface area contributed by atoms with Gasteiger partial charge in [0.25, 0.3) is 0 Å². The lowest BCUT2D eigenvalue weighted by molar-refractivity contribution is -0.135. The van der Waals surface area contributed by atoms with Gasteiger partial charge in [-0.1, -0.05) is 324 Å². The van der Waals surface area contributed by atoms with Crippen LogP contribution in [0.4, 0.5) is 0 Å². The van der Waals surface area contributed by atoms with E-state index < -0.39 is 0 Å². The summed E-state index contributed by atoms with van der Waals surface area (Å²) in [7, 11) is 4.19. The number of carbonyl (C=O) groups is 3. The third-order valence-corrected chi connectivity index (χ3v) is 18.4. The molecule has 0 radical (unpaired) electrons. The molecule has 7 heteroatoms. The lowest BCUT2D eigenvalue weighted by atomic mass is 9.97. The summed E-state index contributed by atoms with van der Waals surface area (Å²) in [5, 5.41) is 0. The fourth-order valence-electron chi connectivity index (χ4n) is 12.7. The standard InChI is InChI=1S/C75H150N4O3/c1-9-15-21-26-31-38-47-56-66-77(67-57-48-39-32-27-22-16-10-2)73(80)63-54-45-36-34-43-52-61-72(79(75(82)65-70-76(7)8)69-58-49-40-33-28-23-17-11-3)62-53-44-35-37-46-55-64-74(81)78(68-20-14-6)71(59-50-41-29-24-18-12-4)60-51-42-30-25-19-13-5/h71-72H,9-70H2,1-8H3. The molecule has 0 fully saturated rings. The number of amides is 3. The molecule has 0 aromatic rings. The molecule has 1 unspecified atom stereocenters. The van der Waals surface area contributed by atoms with Gasteiger partial charge in [-0.25, -0.2) is 0 Å². The summed E-state index contributed by atoms with van der Waals surface area (Å²) in [6, 6.07) is 0.758. The van der Waals surface area contributed by atoms with Crippen LogP contribution in [0.1, 0.15) is 408 Å². The molecule has 0 N–H and O–H groups in total. The minimum absolute atomic E-state index is 0.331. The van der Waals surface area contributed by atoms with Gasteiger partial charge in [-0.05, 0) is 78.3 Å². The molecular weight excluding hydrogens is 1000 g/mol. The molecule has 1 atom stereocenters. The highest BCUT2D eigenvalue weighted by molar-refractivity contribution is 5.77. The average molecular weight is 1160 g/mol. The molecule has 0 aliphatic heterocycles. The van der Waals surface area contributed by atoms with Crippen molar-refractivity contribution >= 4 is 17.7 Å². The van der Waals surface area contributed by atoms with E-state index >= 15 is 0 Å². The van der Waals surface area contributed by atoms with Gasteiger partial charge in [0.05, 0.1) is 0 Å². The highest BCUT2D eigenvalue weighted by atomic mass is 16.2. The Kier molecular flexibility index (Phi) is 62.6. The number of nitrogens with zero attached hydrogens (tertiary/aromatic N) is 4. The second kappa shape index (κ2) is 63.9. The van der Waals surface area contributed by atoms with Gasteiger partial charge in [-0.15, -0.1) is 0 Å². The normalized spacial score (nSPS) is 12.1. The Labute approximate surface area is 515 Å². The molecule has 0 aliphatic rings. The van der Waals surface area contributed by atoms with Gasteiger partial charge in [0.15, 0.2) is 0 Å². The van der Waals surface area contributed by atoms with Gasteiger partial charge in [-0.3, -0.25) is 14.4 Å². The van der Waals surface area contributed by atoms with Crippen molar-refractivity contribution in [1.82, 2.24) is 19.6 Å². The second-order valence-corrected chi connectivity index (χ2v) is 26.6. The maximum absolute atomic E-state index is 14.1. The molecule has 0 spiro atoms. The van der Waals surface area contributed by atoms with E-state index in [0.29, 0.717) is 49.1 Å². The zero-order valence-corrected chi connectivity index (χ0v) is 57.5. The Hall–Kier alpha value is -1.63. The van der Waals surface area contributed by atoms with Crippen molar-refractivity contribution < 1.29 is 14.4 Å². The average Bonchev–Trinajstić information content (AvgIpc) is 3.48. The SMILES string of the molecule is CCCCCCCCCCN(CCCCCCCCCC)C(=O)CCCCCCCCC(CCCCCCCCC(=O)N(CCCC)C(CCCCCCCC)CCCCCCCC)N(CCCCCCCCCC)C(=O)CCN(C)C. The van der Waals surface area contributed by atoms with Crippen molar-refractivity contribution in [1.29, 1.82) is 0 Å². The van der Waals surface area contributed by atoms with E-state index in [2.05, 4.69) is 75.2 Å². The minimum atomic E-state index is 0.331. The van der Waals surface area contributed by atoms with Crippen molar-refractivity contribution in [2.75, 3.05) is 46.8 Å². The third kappa shape index (κ3) is 51.6. The van der Waals surface area contributed by atoms with Gasteiger partial charge in [0.2, 0.25) is 17.7 Å². The smallest absolute Gasteiger partial charge is 0.224 e. The zero-order chi connectivity index (χ0) is 60.0. The maximum Gasteiger partial charge on any atom is 0.224 e. The van der Waals surface area contributed by atoms with Gasteiger partial charge < -0.3 is 19.6 Å². The molecule has 0 aromatic carbocycles. The Morgan fingerprint density at radius 3 is 0.768 bits per heavy atom. The van der Waals surface area contributed by atoms with Crippen LogP contribution in [0, 0.1) is 0 Å². The van der Waals surface area contributed by atoms with E-state index in [1.54, 1.807) is 0 Å². The first-order valence-corrected chi connectivity index (χ1v) is 37.7. The van der Waals surface area contributed by atoms with E-state index in [4.69, 9.17) is 0 Å². The van der Waals surface area contributed by atoms with Crippen LogP contribution < -0.4 is 0 Å². The molecule has 0 saturated heterocycles. The molecule has 0 aliphatic carbocycles. The second-order valence-electron chi connectivity index (χ2n) is 26.6. The van der Waals surface area contributed by atoms with Gasteiger partial charge in [0, 0.05) is 64.1 Å². The van der Waals surface area contributed by atoms with Crippen LogP contribution in [0.3, 0.4) is 0 Å². The Morgan fingerprint density at radius 2 is 0.463 bits per heavy atom. The van der Waals surface area contributed by atoms with E-state index in [1.165, 1.54) is 276 Å². The lowest BCUT2D eigenvalue weighted by Gasteiger charge is -2.33. The molecule has 7 nitrogen and oxygen atoms in total. The van der Waals surface area contributed by atoms with Crippen LogP contribution >= 0.6 is 0 Å². The summed E-state index contributed by atoms with van der Waals surface area (Å²) >= 11 is 0. The Morgan fingerprint density at radius 1 is 0.232 bits per heavy atom. The molecule has 0 aromatic heterocycles. The number of hydrogen-bond acceptors (Lipinski definition) is 4. The quantitative estimate of drug-likeness (QED) is 0.0569. The molecule has 0 bridgehead atoms. The van der Waals surface area contributed by atoms with Crippen molar-refractivity contribution in [3.8, 4) is 0 Å². The van der Waals surface area contributed by atoms with E-state index in [9.17, 15) is 14.4 Å². The molecule has 0 heterocycles. The third-order valence-electron chi connectivity index (χ3n) is 18.4. The topological polar surface area (TPSA) is 64.2 Å². The molecule has 3 amide bonds. The van der Waals surface area contributed by atoms with E-state index in [-0.39, 0.29) is 0 Å². The number of unbranched alkanes of at least 4 members (excludes halogenated alkanes) is 42. The van der Waals surface area contributed by atoms with Crippen LogP contribution in [0.5, 0.6) is 0 Å². The zero-order valence-electron chi connectivity index (χ0n) is 57.5. The minimum Gasteiger partial charge on any atom is -0.343 e. The Bertz CT molecular complexity index is 1290. The summed E-state index contributed by atoms with van der Waals surface area (Å²) in [5.74, 6) is 1.20. The first-order chi connectivity index (χ1) is 40.2. The van der Waals surface area contributed by atoms with E-state index in [0.717, 1.165) is 103 Å². The fraction of sp³-hybridized carbons (Fsp3) is 0.960. The summed E-state index contributed by atoms with van der Waals surface area (Å²) in [6.45, 7) is 18.3. The van der Waals surface area contributed by atoms with Crippen LogP contribution in [0.15, 0.2) is 0 Å². The predicted molar refractivity (Wildman–Crippen MR) is 363 cm³/mol. The van der Waals surface area contributed by atoms with Crippen molar-refractivity contribution in [2.45, 2.75) is 420 Å². The highest BCUT2D eigenvalue weighted by Gasteiger charge is 2.25. The summed E-state index contributed by atoms with van der Waals surface area (Å²) in [5.41, 5.74) is 0. The number of rotatable bonds is 67. The molecule has 488 valence electrons. The number of carbonyl (C=O) groups excluding carboxylic acids is 3. The van der Waals surface area contributed by atoms with Crippen molar-refractivity contribution in [2.24, 2.45) is 0 Å². The summed E-state index contributed by atoms with van der Waals surface area (Å²) in [4.78, 5) is 51.0. The first-order valence-electron chi connectivity index (χ1n) is 37.7. The summed E-state index contributed by atoms with van der Waals surface area (Å²) < 4.78 is 0. The Balaban J connectivity index is 5.50. The largest absolute Gasteiger partial charge is 0.343 e. The van der Waals surface area contributed by atoms with Gasteiger partial charge >= 0.3 is 0 Å². The molecule has 0 rings (SSSR count). The maximum atomic E-state index is 14.1.